The van der Waals surface area contributed by atoms with Crippen molar-refractivity contribution in [3.63, 3.8) is 0 Å². The molecule has 2 heterocycles. The average molecular weight is 218 g/mol. The molecule has 0 amide bonds. The maximum atomic E-state index is 5.50. The lowest BCUT2D eigenvalue weighted by Gasteiger charge is -2.25. The summed E-state index contributed by atoms with van der Waals surface area (Å²) in [5.74, 6) is 0. The maximum Gasteiger partial charge on any atom is 0.0667 e. The maximum absolute atomic E-state index is 5.50. The third-order valence-electron chi connectivity index (χ3n) is 3.41. The summed E-state index contributed by atoms with van der Waals surface area (Å²) in [5.41, 5.74) is 4.16. The zero-order chi connectivity index (χ0) is 10.8. The molecule has 0 aromatic heterocycles. The molecule has 1 aromatic rings. The molecule has 2 aliphatic rings. The van der Waals surface area contributed by atoms with Gasteiger partial charge in [0.15, 0.2) is 0 Å². The molecule has 2 N–H and O–H groups in total. The number of fused-ring (bicyclic) bond motifs is 1. The van der Waals surface area contributed by atoms with Gasteiger partial charge in [0, 0.05) is 31.4 Å². The van der Waals surface area contributed by atoms with Crippen molar-refractivity contribution in [2.75, 3.05) is 18.5 Å². The fourth-order valence-electron chi connectivity index (χ4n) is 2.54. The van der Waals surface area contributed by atoms with E-state index in [1.54, 1.807) is 0 Å². The van der Waals surface area contributed by atoms with Gasteiger partial charge < -0.3 is 15.4 Å². The third-order valence-corrected chi connectivity index (χ3v) is 3.41. The monoisotopic (exact) mass is 218 g/mol. The van der Waals surface area contributed by atoms with E-state index in [1.165, 1.54) is 29.7 Å². The molecule has 3 heteroatoms. The van der Waals surface area contributed by atoms with Crippen molar-refractivity contribution in [3.05, 3.63) is 29.3 Å². The fourth-order valence-corrected chi connectivity index (χ4v) is 2.54. The van der Waals surface area contributed by atoms with Crippen molar-refractivity contribution in [1.82, 2.24) is 5.32 Å². The number of anilines is 1. The molecule has 0 bridgehead atoms. The van der Waals surface area contributed by atoms with Gasteiger partial charge in [-0.25, -0.2) is 0 Å². The summed E-state index contributed by atoms with van der Waals surface area (Å²) in [6.45, 7) is 3.77. The minimum absolute atomic E-state index is 0.487. The van der Waals surface area contributed by atoms with Gasteiger partial charge in [0.05, 0.1) is 6.61 Å². The summed E-state index contributed by atoms with van der Waals surface area (Å²) in [7, 11) is 0. The molecule has 3 nitrogen and oxygen atoms in total. The minimum atomic E-state index is 0.487. The highest BCUT2D eigenvalue weighted by atomic mass is 16.5. The Morgan fingerprint density at radius 1 is 1.31 bits per heavy atom. The summed E-state index contributed by atoms with van der Waals surface area (Å²) in [5, 5.41) is 7.01. The highest BCUT2D eigenvalue weighted by Crippen LogP contribution is 2.25. The Bertz CT molecular complexity index is 372. The van der Waals surface area contributed by atoms with Gasteiger partial charge in [0.1, 0.15) is 0 Å². The van der Waals surface area contributed by atoms with Gasteiger partial charge in [0.2, 0.25) is 0 Å². The van der Waals surface area contributed by atoms with Crippen LogP contribution in [0.4, 0.5) is 5.69 Å². The Hall–Kier alpha value is -1.06. The summed E-state index contributed by atoms with van der Waals surface area (Å²) in [6.07, 6.45) is 2.39. The first kappa shape index (κ1) is 10.1. The highest BCUT2D eigenvalue weighted by molar-refractivity contribution is 5.56. The first-order chi connectivity index (χ1) is 7.93. The van der Waals surface area contributed by atoms with Gasteiger partial charge >= 0.3 is 0 Å². The third kappa shape index (κ3) is 1.93. The normalized spacial score (nSPS) is 24.1. The lowest BCUT2D eigenvalue weighted by Crippen LogP contribution is -2.30. The van der Waals surface area contributed by atoms with Crippen LogP contribution in [0, 0.1) is 0 Å². The predicted octanol–water partition coefficient (Wildman–Crippen LogP) is 1.88. The summed E-state index contributed by atoms with van der Waals surface area (Å²) in [6, 6.07) is 7.01. The van der Waals surface area contributed by atoms with Gasteiger partial charge in [-0.1, -0.05) is 12.1 Å². The second kappa shape index (κ2) is 4.44. The average Bonchev–Trinajstić information content (AvgIpc) is 2.80. The molecule has 1 unspecified atom stereocenters. The second-order valence-corrected chi connectivity index (χ2v) is 4.61. The number of ether oxygens (including phenoxy) is 1. The quantitative estimate of drug-likeness (QED) is 0.795. The van der Waals surface area contributed by atoms with Crippen molar-refractivity contribution >= 4 is 5.69 Å². The van der Waals surface area contributed by atoms with Crippen LogP contribution in [0.5, 0.6) is 0 Å². The van der Waals surface area contributed by atoms with Crippen LogP contribution in [0.2, 0.25) is 0 Å². The Morgan fingerprint density at radius 2 is 2.31 bits per heavy atom. The fraction of sp³-hybridized carbons (Fsp3) is 0.538. The van der Waals surface area contributed by atoms with E-state index in [1.807, 2.05) is 0 Å². The molecule has 1 atom stereocenters. The predicted molar refractivity (Wildman–Crippen MR) is 64.4 cm³/mol. The SMILES string of the molecule is c1cc2c(c(NC3CCCOC3)c1)CNC2. The summed E-state index contributed by atoms with van der Waals surface area (Å²) in [4.78, 5) is 0. The van der Waals surface area contributed by atoms with Crippen molar-refractivity contribution in [2.24, 2.45) is 0 Å². The van der Waals surface area contributed by atoms with Crippen LogP contribution in [0.3, 0.4) is 0 Å². The number of hydrogen-bond acceptors (Lipinski definition) is 3. The van der Waals surface area contributed by atoms with Crippen molar-refractivity contribution in [3.8, 4) is 0 Å². The zero-order valence-electron chi connectivity index (χ0n) is 9.46. The molecule has 86 valence electrons. The molecule has 0 saturated carbocycles. The largest absolute Gasteiger partial charge is 0.380 e. The molecular formula is C13H18N2O. The Labute approximate surface area is 96.2 Å². The van der Waals surface area contributed by atoms with E-state index >= 15 is 0 Å². The molecule has 2 aliphatic heterocycles. The van der Waals surface area contributed by atoms with E-state index < -0.39 is 0 Å². The van der Waals surface area contributed by atoms with Gasteiger partial charge in [-0.05, 0) is 30.0 Å². The van der Waals surface area contributed by atoms with E-state index in [0.717, 1.165) is 26.3 Å². The van der Waals surface area contributed by atoms with Crippen LogP contribution in [0.1, 0.15) is 24.0 Å². The van der Waals surface area contributed by atoms with Gasteiger partial charge in [-0.3, -0.25) is 0 Å². The Morgan fingerprint density at radius 3 is 3.19 bits per heavy atom. The van der Waals surface area contributed by atoms with Crippen LogP contribution in [0.25, 0.3) is 0 Å². The van der Waals surface area contributed by atoms with E-state index in [-0.39, 0.29) is 0 Å². The molecule has 0 spiro atoms. The van der Waals surface area contributed by atoms with E-state index in [4.69, 9.17) is 4.74 Å². The second-order valence-electron chi connectivity index (χ2n) is 4.61. The lowest BCUT2D eigenvalue weighted by atomic mass is 10.1. The summed E-state index contributed by atoms with van der Waals surface area (Å²) < 4.78 is 5.50. The van der Waals surface area contributed by atoms with Gasteiger partial charge in [0.25, 0.3) is 0 Å². The van der Waals surface area contributed by atoms with Crippen LogP contribution in [-0.2, 0) is 17.8 Å². The highest BCUT2D eigenvalue weighted by Gasteiger charge is 2.18. The molecule has 0 radical (unpaired) electrons. The number of benzene rings is 1. The topological polar surface area (TPSA) is 33.3 Å². The smallest absolute Gasteiger partial charge is 0.0667 e. The number of nitrogens with one attached hydrogen (secondary N) is 2. The molecular weight excluding hydrogens is 200 g/mol. The molecule has 1 aromatic carbocycles. The molecule has 1 saturated heterocycles. The molecule has 3 rings (SSSR count). The van der Waals surface area contributed by atoms with E-state index in [0.29, 0.717) is 6.04 Å². The number of rotatable bonds is 2. The van der Waals surface area contributed by atoms with Crippen LogP contribution >= 0.6 is 0 Å². The first-order valence-electron chi connectivity index (χ1n) is 6.09. The van der Waals surface area contributed by atoms with Crippen molar-refractivity contribution in [1.29, 1.82) is 0 Å². The van der Waals surface area contributed by atoms with Crippen LogP contribution in [0.15, 0.2) is 18.2 Å². The van der Waals surface area contributed by atoms with Crippen LogP contribution in [-0.4, -0.2) is 19.3 Å². The molecule has 16 heavy (non-hydrogen) atoms. The van der Waals surface area contributed by atoms with E-state index in [9.17, 15) is 0 Å². The van der Waals surface area contributed by atoms with Gasteiger partial charge in [-0.2, -0.15) is 0 Å². The Kier molecular flexibility index (Phi) is 2.80. The van der Waals surface area contributed by atoms with E-state index in [2.05, 4.69) is 28.8 Å². The standard InChI is InChI=1S/C13H18N2O/c1-3-10-7-14-8-12(10)13(5-1)15-11-4-2-6-16-9-11/h1,3,5,11,14-15H,2,4,6-9H2. The zero-order valence-corrected chi connectivity index (χ0v) is 9.46. The lowest BCUT2D eigenvalue weighted by molar-refractivity contribution is 0.0876. The molecule has 1 fully saturated rings. The minimum Gasteiger partial charge on any atom is -0.380 e. The van der Waals surface area contributed by atoms with Crippen LogP contribution < -0.4 is 10.6 Å². The first-order valence-corrected chi connectivity index (χ1v) is 6.09. The van der Waals surface area contributed by atoms with Crippen molar-refractivity contribution < 1.29 is 4.74 Å². The molecule has 0 aliphatic carbocycles. The van der Waals surface area contributed by atoms with Gasteiger partial charge in [-0.15, -0.1) is 0 Å². The van der Waals surface area contributed by atoms with Crippen molar-refractivity contribution in [2.45, 2.75) is 32.0 Å². The summed E-state index contributed by atoms with van der Waals surface area (Å²) >= 11 is 0. The Balaban J connectivity index is 1.76. The number of hydrogen-bond donors (Lipinski definition) is 2.